The minimum Gasteiger partial charge on any atom is -0.482 e. The van der Waals surface area contributed by atoms with Gasteiger partial charge in [0.1, 0.15) is 11.8 Å². The Balaban J connectivity index is 2.23. The van der Waals surface area contributed by atoms with Crippen LogP contribution in [0.25, 0.3) is 0 Å². The monoisotopic (exact) mass is 290 g/mol. The van der Waals surface area contributed by atoms with Gasteiger partial charge in [0, 0.05) is 13.0 Å². The first-order valence-corrected chi connectivity index (χ1v) is 6.71. The Bertz CT molecular complexity index is 523. The second-order valence-corrected chi connectivity index (χ2v) is 4.16. The molecule has 0 fully saturated rings. The third-order valence-electron chi connectivity index (χ3n) is 2.55. The van der Waals surface area contributed by atoms with Crippen LogP contribution >= 0.6 is 0 Å². The summed E-state index contributed by atoms with van der Waals surface area (Å²) >= 11 is 0. The molecule has 0 unspecified atom stereocenters. The van der Waals surface area contributed by atoms with Crippen molar-refractivity contribution in [2.75, 3.05) is 19.8 Å². The maximum Gasteiger partial charge on any atom is 0.305 e. The lowest BCUT2D eigenvalue weighted by atomic mass is 10.2. The molecular weight excluding hydrogens is 272 g/mol. The summed E-state index contributed by atoms with van der Waals surface area (Å²) < 4.78 is 10.1. The van der Waals surface area contributed by atoms with Crippen LogP contribution in [-0.4, -0.2) is 31.6 Å². The minimum atomic E-state index is -0.299. The Morgan fingerprint density at radius 3 is 2.81 bits per heavy atom. The summed E-state index contributed by atoms with van der Waals surface area (Å²) in [5.41, 5.74) is 0.382. The SMILES string of the molecule is CCOC(=O)CCCNC(=O)COc1ccccc1C#N. The van der Waals surface area contributed by atoms with Gasteiger partial charge in [-0.1, -0.05) is 12.1 Å². The predicted molar refractivity (Wildman–Crippen MR) is 75.5 cm³/mol. The zero-order valence-electron chi connectivity index (χ0n) is 11.9. The van der Waals surface area contributed by atoms with Crippen molar-refractivity contribution < 1.29 is 19.1 Å². The average molecular weight is 290 g/mol. The molecule has 0 aliphatic rings. The molecule has 0 atom stereocenters. The summed E-state index contributed by atoms with van der Waals surface area (Å²) in [6.07, 6.45) is 0.783. The molecule has 0 spiro atoms. The molecule has 0 aromatic heterocycles. The predicted octanol–water partition coefficient (Wildman–Crippen LogP) is 1.40. The zero-order chi connectivity index (χ0) is 15.5. The Hall–Kier alpha value is -2.55. The molecule has 0 aliphatic heterocycles. The minimum absolute atomic E-state index is 0.169. The van der Waals surface area contributed by atoms with Crippen LogP contribution in [0.15, 0.2) is 24.3 Å². The van der Waals surface area contributed by atoms with Crippen LogP contribution in [0.4, 0.5) is 0 Å². The van der Waals surface area contributed by atoms with Gasteiger partial charge in [0.15, 0.2) is 6.61 Å². The molecular formula is C15H18N2O4. The van der Waals surface area contributed by atoms with Gasteiger partial charge in [-0.3, -0.25) is 9.59 Å². The van der Waals surface area contributed by atoms with Crippen LogP contribution in [0, 0.1) is 11.3 Å². The Kier molecular flexibility index (Phi) is 7.36. The number of hydrogen-bond acceptors (Lipinski definition) is 5. The lowest BCUT2D eigenvalue weighted by Crippen LogP contribution is -2.30. The summed E-state index contributed by atoms with van der Waals surface area (Å²) in [6, 6.07) is 8.69. The molecule has 21 heavy (non-hydrogen) atoms. The molecule has 6 heteroatoms. The van der Waals surface area contributed by atoms with E-state index in [1.165, 1.54) is 0 Å². The van der Waals surface area contributed by atoms with E-state index in [-0.39, 0.29) is 24.9 Å². The van der Waals surface area contributed by atoms with Gasteiger partial charge in [0.2, 0.25) is 0 Å². The van der Waals surface area contributed by atoms with Crippen LogP contribution in [0.5, 0.6) is 5.75 Å². The van der Waals surface area contributed by atoms with E-state index in [0.717, 1.165) is 0 Å². The van der Waals surface area contributed by atoms with Gasteiger partial charge in [-0.15, -0.1) is 0 Å². The second-order valence-electron chi connectivity index (χ2n) is 4.16. The van der Waals surface area contributed by atoms with Crippen molar-refractivity contribution >= 4 is 11.9 Å². The van der Waals surface area contributed by atoms with E-state index in [2.05, 4.69) is 5.32 Å². The van der Waals surface area contributed by atoms with Gasteiger partial charge < -0.3 is 14.8 Å². The van der Waals surface area contributed by atoms with Crippen LogP contribution in [-0.2, 0) is 14.3 Å². The number of rotatable bonds is 8. The third-order valence-corrected chi connectivity index (χ3v) is 2.55. The van der Waals surface area contributed by atoms with Gasteiger partial charge in [-0.2, -0.15) is 5.26 Å². The first-order valence-electron chi connectivity index (χ1n) is 6.71. The number of ether oxygens (including phenoxy) is 2. The lowest BCUT2D eigenvalue weighted by molar-refractivity contribution is -0.143. The maximum absolute atomic E-state index is 11.6. The van der Waals surface area contributed by atoms with E-state index in [1.807, 2.05) is 6.07 Å². The van der Waals surface area contributed by atoms with Crippen LogP contribution in [0.1, 0.15) is 25.3 Å². The first-order chi connectivity index (χ1) is 10.2. The van der Waals surface area contributed by atoms with E-state index < -0.39 is 0 Å². The van der Waals surface area contributed by atoms with Crippen molar-refractivity contribution in [2.24, 2.45) is 0 Å². The fourth-order valence-corrected chi connectivity index (χ4v) is 1.57. The van der Waals surface area contributed by atoms with Crippen molar-refractivity contribution in [2.45, 2.75) is 19.8 Å². The van der Waals surface area contributed by atoms with Crippen molar-refractivity contribution in [1.82, 2.24) is 5.32 Å². The van der Waals surface area contributed by atoms with Crippen molar-refractivity contribution in [3.05, 3.63) is 29.8 Å². The highest BCUT2D eigenvalue weighted by atomic mass is 16.5. The van der Waals surface area contributed by atoms with E-state index >= 15 is 0 Å². The average Bonchev–Trinajstić information content (AvgIpc) is 2.50. The smallest absolute Gasteiger partial charge is 0.305 e. The lowest BCUT2D eigenvalue weighted by Gasteiger charge is -2.08. The van der Waals surface area contributed by atoms with Gasteiger partial charge in [-0.25, -0.2) is 0 Å². The van der Waals surface area contributed by atoms with Crippen LogP contribution in [0.2, 0.25) is 0 Å². The van der Waals surface area contributed by atoms with Crippen molar-refractivity contribution in [3.63, 3.8) is 0 Å². The fraction of sp³-hybridized carbons (Fsp3) is 0.400. The number of esters is 1. The third kappa shape index (κ3) is 6.43. The number of para-hydroxylation sites is 1. The van der Waals surface area contributed by atoms with E-state index in [1.54, 1.807) is 31.2 Å². The summed E-state index contributed by atoms with van der Waals surface area (Å²) in [4.78, 5) is 22.6. The normalized spacial score (nSPS) is 9.52. The number of nitrogens with one attached hydrogen (secondary N) is 1. The van der Waals surface area contributed by atoms with Gasteiger partial charge in [0.25, 0.3) is 5.91 Å². The molecule has 1 rings (SSSR count). The maximum atomic E-state index is 11.6. The number of nitrogens with zero attached hydrogens (tertiary/aromatic N) is 1. The Morgan fingerprint density at radius 2 is 2.10 bits per heavy atom. The topological polar surface area (TPSA) is 88.4 Å². The molecule has 1 aromatic carbocycles. The second kappa shape index (κ2) is 9.37. The molecule has 0 saturated heterocycles. The molecule has 0 bridgehead atoms. The number of hydrogen-bond donors (Lipinski definition) is 1. The molecule has 112 valence electrons. The molecule has 1 aromatic rings. The standard InChI is InChI=1S/C15H18N2O4/c1-2-20-15(19)8-5-9-17-14(18)11-21-13-7-4-3-6-12(13)10-16/h3-4,6-7H,2,5,8-9,11H2,1H3,(H,17,18). The molecule has 6 nitrogen and oxygen atoms in total. The Labute approximate surface area is 123 Å². The van der Waals surface area contributed by atoms with Crippen LogP contribution < -0.4 is 10.1 Å². The van der Waals surface area contributed by atoms with E-state index in [0.29, 0.717) is 30.9 Å². The first kappa shape index (κ1) is 16.5. The van der Waals surface area contributed by atoms with Crippen molar-refractivity contribution in [3.8, 4) is 11.8 Å². The molecule has 1 amide bonds. The summed E-state index contributed by atoms with van der Waals surface area (Å²) in [7, 11) is 0. The summed E-state index contributed by atoms with van der Waals surface area (Å²) in [5, 5.41) is 11.5. The fourth-order valence-electron chi connectivity index (χ4n) is 1.57. The molecule has 1 N–H and O–H groups in total. The Morgan fingerprint density at radius 1 is 1.33 bits per heavy atom. The molecule has 0 radical (unpaired) electrons. The summed E-state index contributed by atoms with van der Waals surface area (Å²) in [5.74, 6) is -0.195. The van der Waals surface area contributed by atoms with E-state index in [9.17, 15) is 9.59 Å². The highest BCUT2D eigenvalue weighted by molar-refractivity contribution is 5.77. The van der Waals surface area contributed by atoms with Crippen LogP contribution in [0.3, 0.4) is 0 Å². The van der Waals surface area contributed by atoms with Crippen molar-refractivity contribution in [1.29, 1.82) is 5.26 Å². The summed E-state index contributed by atoms with van der Waals surface area (Å²) in [6.45, 7) is 2.31. The zero-order valence-corrected chi connectivity index (χ0v) is 11.9. The largest absolute Gasteiger partial charge is 0.482 e. The highest BCUT2D eigenvalue weighted by Crippen LogP contribution is 2.15. The molecule has 0 heterocycles. The molecule has 0 aliphatic carbocycles. The number of carbonyl (C=O) groups is 2. The van der Waals surface area contributed by atoms with Gasteiger partial charge in [-0.05, 0) is 25.5 Å². The van der Waals surface area contributed by atoms with Gasteiger partial charge >= 0.3 is 5.97 Å². The number of benzene rings is 1. The van der Waals surface area contributed by atoms with Gasteiger partial charge in [0.05, 0.1) is 12.2 Å². The highest BCUT2D eigenvalue weighted by Gasteiger charge is 2.06. The number of amides is 1. The quantitative estimate of drug-likeness (QED) is 0.577. The number of carbonyl (C=O) groups excluding carboxylic acids is 2. The number of nitriles is 1. The van der Waals surface area contributed by atoms with E-state index in [4.69, 9.17) is 14.7 Å². The molecule has 0 saturated carbocycles.